The molecule has 104 valence electrons. The summed E-state index contributed by atoms with van der Waals surface area (Å²) in [6.07, 6.45) is 3.81. The van der Waals surface area contributed by atoms with Crippen molar-refractivity contribution in [3.8, 4) is 0 Å². The number of nitrogens with zero attached hydrogens (tertiary/aromatic N) is 2. The van der Waals surface area contributed by atoms with Gasteiger partial charge in [0.15, 0.2) is 0 Å². The van der Waals surface area contributed by atoms with Crippen molar-refractivity contribution < 1.29 is 0 Å². The van der Waals surface area contributed by atoms with Crippen LogP contribution in [-0.4, -0.2) is 36.1 Å². The first-order chi connectivity index (χ1) is 9.86. The van der Waals surface area contributed by atoms with E-state index < -0.39 is 0 Å². The van der Waals surface area contributed by atoms with Crippen LogP contribution in [0.3, 0.4) is 0 Å². The molecule has 1 unspecified atom stereocenters. The first kappa shape index (κ1) is 13.7. The Morgan fingerprint density at radius 3 is 2.60 bits per heavy atom. The summed E-state index contributed by atoms with van der Waals surface area (Å²) in [5, 5.41) is 3.42. The van der Waals surface area contributed by atoms with Crippen molar-refractivity contribution in [2.24, 2.45) is 0 Å². The molecule has 2 heterocycles. The van der Waals surface area contributed by atoms with Crippen LogP contribution < -0.4 is 5.32 Å². The summed E-state index contributed by atoms with van der Waals surface area (Å²) in [7, 11) is 0. The molecule has 2 aromatic rings. The second-order valence-electron chi connectivity index (χ2n) is 5.00. The van der Waals surface area contributed by atoms with Crippen molar-refractivity contribution >= 4 is 15.9 Å². The molecule has 0 saturated carbocycles. The molecule has 1 aliphatic heterocycles. The molecule has 1 N–H and O–H groups in total. The van der Waals surface area contributed by atoms with Gasteiger partial charge in [-0.1, -0.05) is 40.2 Å². The summed E-state index contributed by atoms with van der Waals surface area (Å²) < 4.78 is 1.16. The van der Waals surface area contributed by atoms with Crippen LogP contribution in [0.2, 0.25) is 0 Å². The van der Waals surface area contributed by atoms with Gasteiger partial charge in [0.1, 0.15) is 0 Å². The Hall–Kier alpha value is -1.23. The van der Waals surface area contributed by atoms with Gasteiger partial charge in [0, 0.05) is 43.0 Å². The predicted octanol–water partition coefficient (Wildman–Crippen LogP) is 2.84. The third-order valence-electron chi connectivity index (χ3n) is 3.72. The average Bonchev–Trinajstić information content (AvgIpc) is 2.52. The molecule has 1 atom stereocenters. The average molecular weight is 332 g/mol. The number of hydrogen-bond donors (Lipinski definition) is 1. The Balaban J connectivity index is 2.01. The molecule has 3 rings (SSSR count). The molecule has 1 aliphatic rings. The van der Waals surface area contributed by atoms with Gasteiger partial charge in [-0.15, -0.1) is 0 Å². The van der Waals surface area contributed by atoms with Crippen LogP contribution in [0.4, 0.5) is 0 Å². The molecule has 3 nitrogen and oxygen atoms in total. The summed E-state index contributed by atoms with van der Waals surface area (Å²) >= 11 is 3.70. The minimum Gasteiger partial charge on any atom is -0.314 e. The van der Waals surface area contributed by atoms with E-state index in [1.165, 1.54) is 11.1 Å². The molecule has 20 heavy (non-hydrogen) atoms. The molecular weight excluding hydrogens is 314 g/mol. The van der Waals surface area contributed by atoms with Gasteiger partial charge in [-0.25, -0.2) is 0 Å². The van der Waals surface area contributed by atoms with Crippen LogP contribution in [0.1, 0.15) is 17.2 Å². The highest BCUT2D eigenvalue weighted by molar-refractivity contribution is 9.10. The van der Waals surface area contributed by atoms with E-state index in [-0.39, 0.29) is 6.04 Å². The molecule has 0 aliphatic carbocycles. The number of aromatic nitrogens is 1. The fourth-order valence-corrected chi connectivity index (χ4v) is 3.26. The van der Waals surface area contributed by atoms with Gasteiger partial charge in [0.2, 0.25) is 0 Å². The monoisotopic (exact) mass is 331 g/mol. The highest BCUT2D eigenvalue weighted by Crippen LogP contribution is 2.33. The predicted molar refractivity (Wildman–Crippen MR) is 84.7 cm³/mol. The largest absolute Gasteiger partial charge is 0.314 e. The van der Waals surface area contributed by atoms with Gasteiger partial charge >= 0.3 is 0 Å². The maximum atomic E-state index is 4.30. The maximum Gasteiger partial charge on any atom is 0.0628 e. The zero-order valence-electron chi connectivity index (χ0n) is 11.3. The van der Waals surface area contributed by atoms with Crippen molar-refractivity contribution in [3.05, 3.63) is 64.4 Å². The van der Waals surface area contributed by atoms with Gasteiger partial charge in [0.25, 0.3) is 0 Å². The fraction of sp³-hybridized carbons (Fsp3) is 0.312. The highest BCUT2D eigenvalue weighted by Gasteiger charge is 2.25. The zero-order valence-corrected chi connectivity index (χ0v) is 12.9. The Morgan fingerprint density at radius 1 is 1.10 bits per heavy atom. The molecular formula is C16H18BrN3. The second-order valence-corrected chi connectivity index (χ2v) is 5.85. The van der Waals surface area contributed by atoms with Crippen LogP contribution in [0, 0.1) is 0 Å². The summed E-state index contributed by atoms with van der Waals surface area (Å²) in [6.45, 7) is 4.20. The molecule has 1 aromatic carbocycles. The van der Waals surface area contributed by atoms with E-state index >= 15 is 0 Å². The normalized spacial score (nSPS) is 17.9. The quantitative estimate of drug-likeness (QED) is 0.937. The summed E-state index contributed by atoms with van der Waals surface area (Å²) in [6, 6.07) is 12.9. The Bertz CT molecular complexity index is 553. The number of halogens is 1. The molecule has 0 bridgehead atoms. The maximum absolute atomic E-state index is 4.30. The van der Waals surface area contributed by atoms with Crippen LogP contribution in [-0.2, 0) is 0 Å². The lowest BCUT2D eigenvalue weighted by Crippen LogP contribution is -2.45. The van der Waals surface area contributed by atoms with E-state index in [4.69, 9.17) is 0 Å². The minimum absolute atomic E-state index is 0.265. The van der Waals surface area contributed by atoms with Gasteiger partial charge < -0.3 is 5.32 Å². The van der Waals surface area contributed by atoms with Crippen molar-refractivity contribution in [1.82, 2.24) is 15.2 Å². The van der Waals surface area contributed by atoms with Crippen LogP contribution >= 0.6 is 15.9 Å². The number of benzene rings is 1. The minimum atomic E-state index is 0.265. The van der Waals surface area contributed by atoms with E-state index in [1.54, 1.807) is 0 Å². The van der Waals surface area contributed by atoms with Crippen molar-refractivity contribution in [1.29, 1.82) is 0 Å². The molecule has 0 spiro atoms. The molecule has 0 radical (unpaired) electrons. The number of piperazine rings is 1. The van der Waals surface area contributed by atoms with E-state index in [2.05, 4.69) is 61.5 Å². The number of rotatable bonds is 3. The summed E-state index contributed by atoms with van der Waals surface area (Å²) in [5.41, 5.74) is 2.56. The van der Waals surface area contributed by atoms with Crippen molar-refractivity contribution in [3.63, 3.8) is 0 Å². The van der Waals surface area contributed by atoms with E-state index in [1.807, 2.05) is 18.5 Å². The first-order valence-corrected chi connectivity index (χ1v) is 7.74. The van der Waals surface area contributed by atoms with Gasteiger partial charge in [-0.3, -0.25) is 9.88 Å². The first-order valence-electron chi connectivity index (χ1n) is 6.95. The van der Waals surface area contributed by atoms with Crippen LogP contribution in [0.15, 0.2) is 53.3 Å². The molecule has 4 heteroatoms. The zero-order chi connectivity index (χ0) is 13.8. The Labute approximate surface area is 128 Å². The van der Waals surface area contributed by atoms with E-state index in [9.17, 15) is 0 Å². The SMILES string of the molecule is Brc1ccccc1C(c1cccnc1)N1CCNCC1. The topological polar surface area (TPSA) is 28.2 Å². The lowest BCUT2D eigenvalue weighted by atomic mass is 9.98. The number of nitrogens with one attached hydrogen (secondary N) is 1. The summed E-state index contributed by atoms with van der Waals surface area (Å²) in [4.78, 5) is 6.82. The number of hydrogen-bond acceptors (Lipinski definition) is 3. The smallest absolute Gasteiger partial charge is 0.0628 e. The highest BCUT2D eigenvalue weighted by atomic mass is 79.9. The van der Waals surface area contributed by atoms with Gasteiger partial charge in [-0.2, -0.15) is 0 Å². The standard InChI is InChI=1S/C16H18BrN3/c17-15-6-2-1-5-14(15)16(13-4-3-7-19-12-13)20-10-8-18-9-11-20/h1-7,12,16,18H,8-11H2. The number of pyridine rings is 1. The summed E-state index contributed by atoms with van der Waals surface area (Å²) in [5.74, 6) is 0. The Kier molecular flexibility index (Phi) is 4.45. The van der Waals surface area contributed by atoms with Crippen molar-refractivity contribution in [2.75, 3.05) is 26.2 Å². The molecule has 1 fully saturated rings. The Morgan fingerprint density at radius 2 is 1.90 bits per heavy atom. The third-order valence-corrected chi connectivity index (χ3v) is 4.44. The van der Waals surface area contributed by atoms with Crippen molar-refractivity contribution in [2.45, 2.75) is 6.04 Å². The van der Waals surface area contributed by atoms with Gasteiger partial charge in [-0.05, 0) is 23.3 Å². The van der Waals surface area contributed by atoms with E-state index in [0.717, 1.165) is 30.7 Å². The molecule has 0 amide bonds. The lowest BCUT2D eigenvalue weighted by molar-refractivity contribution is 0.198. The molecule has 1 aromatic heterocycles. The fourth-order valence-electron chi connectivity index (χ4n) is 2.76. The molecule has 1 saturated heterocycles. The third kappa shape index (κ3) is 2.92. The second kappa shape index (κ2) is 6.48. The van der Waals surface area contributed by atoms with Crippen LogP contribution in [0.5, 0.6) is 0 Å². The van der Waals surface area contributed by atoms with Gasteiger partial charge in [0.05, 0.1) is 6.04 Å². The lowest BCUT2D eigenvalue weighted by Gasteiger charge is -2.35. The van der Waals surface area contributed by atoms with E-state index in [0.29, 0.717) is 0 Å². The van der Waals surface area contributed by atoms with Crippen LogP contribution in [0.25, 0.3) is 0 Å².